The van der Waals surface area contributed by atoms with Crippen LogP contribution in [-0.2, 0) is 30.1 Å². The number of esters is 1. The van der Waals surface area contributed by atoms with Crippen LogP contribution >= 0.6 is 0 Å². The zero-order valence-electron chi connectivity index (χ0n) is 24.0. The standard InChI is InChI=1S/C26H41N9O7S/c1-42-24(39)18-8-3-2-7-17(18)15-43(40,41)33-20(12-16-6-4-10-34(14-16)25(27)28)22(37)31-13-21(36)32-19-9-5-11-35(23(19)38)26(29)30/h2-3,7-8,16,19-20,23,33,38H,4-6,9-15H2,1H3,(H3,27,28)(H3,29,30)(H,31,37)(H,32,36)/t16?,19-,20+,23-/m0/s1. The molecule has 2 saturated heterocycles. The number of hydrogen-bond donors (Lipinski definition) is 8. The fourth-order valence-electron chi connectivity index (χ4n) is 5.37. The Morgan fingerprint density at radius 3 is 2.49 bits per heavy atom. The molecule has 0 radical (unpaired) electrons. The van der Waals surface area contributed by atoms with Gasteiger partial charge in [-0.1, -0.05) is 18.2 Å². The van der Waals surface area contributed by atoms with Gasteiger partial charge in [0.2, 0.25) is 21.8 Å². The van der Waals surface area contributed by atoms with Crippen LogP contribution in [-0.4, -0.2) is 105 Å². The van der Waals surface area contributed by atoms with Crippen molar-refractivity contribution in [1.82, 2.24) is 25.2 Å². The van der Waals surface area contributed by atoms with Gasteiger partial charge in [0.1, 0.15) is 12.3 Å². The minimum Gasteiger partial charge on any atom is -0.465 e. The summed E-state index contributed by atoms with van der Waals surface area (Å²) in [6, 6.07) is 4.09. The van der Waals surface area contributed by atoms with Crippen molar-refractivity contribution in [3.63, 3.8) is 0 Å². The molecule has 2 amide bonds. The van der Waals surface area contributed by atoms with E-state index in [0.717, 1.165) is 0 Å². The number of nitrogens with zero attached hydrogens (tertiary/aromatic N) is 2. The van der Waals surface area contributed by atoms with E-state index in [2.05, 4.69) is 15.4 Å². The minimum absolute atomic E-state index is 0.0734. The van der Waals surface area contributed by atoms with Crippen molar-refractivity contribution in [3.05, 3.63) is 35.4 Å². The summed E-state index contributed by atoms with van der Waals surface area (Å²) in [4.78, 5) is 41.0. The Morgan fingerprint density at radius 2 is 1.81 bits per heavy atom. The highest BCUT2D eigenvalue weighted by atomic mass is 32.2. The van der Waals surface area contributed by atoms with Crippen molar-refractivity contribution in [3.8, 4) is 0 Å². The normalized spacial score (nSPS) is 21.4. The maximum atomic E-state index is 13.3. The van der Waals surface area contributed by atoms with Gasteiger partial charge in [-0.15, -0.1) is 0 Å². The lowest BCUT2D eigenvalue weighted by molar-refractivity contribution is -0.128. The van der Waals surface area contributed by atoms with Gasteiger partial charge < -0.3 is 41.7 Å². The SMILES string of the molecule is COC(=O)c1ccccc1CS(=O)(=O)N[C@H](CC1CCCN(C(=N)N)C1)C(=O)NCC(=O)N[C@H]1CCCN(C(=N)N)[C@H]1O. The topological polar surface area (TPSA) is 257 Å². The lowest BCUT2D eigenvalue weighted by atomic mass is 9.91. The van der Waals surface area contributed by atoms with Crippen LogP contribution < -0.4 is 26.8 Å². The maximum Gasteiger partial charge on any atom is 0.338 e. The van der Waals surface area contributed by atoms with E-state index < -0.39 is 58.4 Å². The summed E-state index contributed by atoms with van der Waals surface area (Å²) in [5.41, 5.74) is 11.4. The van der Waals surface area contributed by atoms with Crippen molar-refractivity contribution < 1.29 is 32.6 Å². The number of aliphatic hydroxyl groups is 1. The van der Waals surface area contributed by atoms with Crippen LogP contribution in [0.1, 0.15) is 48.0 Å². The Morgan fingerprint density at radius 1 is 1.12 bits per heavy atom. The number of amides is 2. The number of benzene rings is 1. The largest absolute Gasteiger partial charge is 0.465 e. The van der Waals surface area contributed by atoms with Crippen LogP contribution in [0.2, 0.25) is 0 Å². The Balaban J connectivity index is 1.71. The Kier molecular flexibility index (Phi) is 11.7. The van der Waals surface area contributed by atoms with Crippen molar-refractivity contribution in [2.24, 2.45) is 17.4 Å². The molecule has 16 nitrogen and oxygen atoms in total. The zero-order chi connectivity index (χ0) is 31.7. The molecule has 1 aromatic carbocycles. The number of likely N-dealkylation sites (tertiary alicyclic amines) is 2. The van der Waals surface area contributed by atoms with Gasteiger partial charge >= 0.3 is 5.97 Å². The van der Waals surface area contributed by atoms with Gasteiger partial charge in [0.25, 0.3) is 0 Å². The molecule has 4 atom stereocenters. The highest BCUT2D eigenvalue weighted by Crippen LogP contribution is 2.22. The molecule has 0 bridgehead atoms. The van der Waals surface area contributed by atoms with E-state index in [9.17, 15) is 27.9 Å². The van der Waals surface area contributed by atoms with Crippen LogP contribution in [0.15, 0.2) is 24.3 Å². The lowest BCUT2D eigenvalue weighted by Gasteiger charge is -2.38. The molecule has 10 N–H and O–H groups in total. The minimum atomic E-state index is -4.18. The highest BCUT2D eigenvalue weighted by molar-refractivity contribution is 7.88. The Bertz CT molecular complexity index is 1310. The lowest BCUT2D eigenvalue weighted by Crippen LogP contribution is -2.59. The van der Waals surface area contributed by atoms with Gasteiger partial charge in [0, 0.05) is 19.6 Å². The molecule has 2 fully saturated rings. The third kappa shape index (κ3) is 9.52. The molecular weight excluding hydrogens is 582 g/mol. The van der Waals surface area contributed by atoms with E-state index >= 15 is 0 Å². The zero-order valence-corrected chi connectivity index (χ0v) is 24.9. The first-order valence-corrected chi connectivity index (χ1v) is 15.6. The van der Waals surface area contributed by atoms with E-state index in [1.165, 1.54) is 24.1 Å². The molecule has 0 aliphatic carbocycles. The van der Waals surface area contributed by atoms with Crippen LogP contribution in [0.25, 0.3) is 0 Å². The number of rotatable bonds is 11. The van der Waals surface area contributed by atoms with Gasteiger partial charge in [-0.3, -0.25) is 20.4 Å². The summed E-state index contributed by atoms with van der Waals surface area (Å²) in [6.45, 7) is 0.815. The maximum absolute atomic E-state index is 13.3. The number of aliphatic hydroxyl groups excluding tert-OH is 1. The van der Waals surface area contributed by atoms with Crippen LogP contribution in [0.3, 0.4) is 0 Å². The molecule has 1 aromatic rings. The molecule has 1 unspecified atom stereocenters. The molecular formula is C26H41N9O7S. The second-order valence-corrected chi connectivity index (χ2v) is 12.4. The molecule has 43 heavy (non-hydrogen) atoms. The summed E-state index contributed by atoms with van der Waals surface area (Å²) >= 11 is 0. The van der Waals surface area contributed by atoms with E-state index in [0.29, 0.717) is 45.3 Å². The van der Waals surface area contributed by atoms with Gasteiger partial charge in [0.15, 0.2) is 11.9 Å². The van der Waals surface area contributed by atoms with Crippen molar-refractivity contribution in [2.75, 3.05) is 33.3 Å². The number of guanidine groups is 2. The summed E-state index contributed by atoms with van der Waals surface area (Å²) in [6.07, 6.45) is 1.26. The average Bonchev–Trinajstić information content (AvgIpc) is 2.96. The highest BCUT2D eigenvalue weighted by Gasteiger charge is 2.33. The average molecular weight is 624 g/mol. The van der Waals surface area contributed by atoms with Crippen molar-refractivity contribution >= 4 is 39.7 Å². The van der Waals surface area contributed by atoms with E-state index in [-0.39, 0.29) is 35.4 Å². The third-order valence-electron chi connectivity index (χ3n) is 7.51. The monoisotopic (exact) mass is 623 g/mol. The summed E-state index contributed by atoms with van der Waals surface area (Å²) in [7, 11) is -2.99. The smallest absolute Gasteiger partial charge is 0.338 e. The van der Waals surface area contributed by atoms with Crippen molar-refractivity contribution in [1.29, 1.82) is 10.8 Å². The number of ether oxygens (including phenoxy) is 1. The molecule has 0 saturated carbocycles. The number of nitrogens with one attached hydrogen (secondary N) is 5. The Labute approximate surface area is 250 Å². The molecule has 0 spiro atoms. The summed E-state index contributed by atoms with van der Waals surface area (Å²) < 4.78 is 33.7. The predicted molar refractivity (Wildman–Crippen MR) is 157 cm³/mol. The van der Waals surface area contributed by atoms with Crippen LogP contribution in [0.5, 0.6) is 0 Å². The second kappa shape index (κ2) is 15.0. The van der Waals surface area contributed by atoms with E-state index in [4.69, 9.17) is 27.0 Å². The van der Waals surface area contributed by atoms with Crippen LogP contribution in [0.4, 0.5) is 0 Å². The Hall–Kier alpha value is -3.96. The fourth-order valence-corrected chi connectivity index (χ4v) is 6.76. The quantitative estimate of drug-likeness (QED) is 0.0772. The number of methoxy groups -OCH3 is 1. The molecule has 2 aliphatic rings. The van der Waals surface area contributed by atoms with E-state index in [1.807, 2.05) is 0 Å². The molecule has 238 valence electrons. The van der Waals surface area contributed by atoms with Gasteiger partial charge in [0.05, 0.1) is 31.0 Å². The third-order valence-corrected chi connectivity index (χ3v) is 8.84. The number of sulfonamides is 1. The van der Waals surface area contributed by atoms with Gasteiger partial charge in [-0.25, -0.2) is 17.9 Å². The van der Waals surface area contributed by atoms with Gasteiger partial charge in [-0.2, -0.15) is 0 Å². The van der Waals surface area contributed by atoms with Crippen molar-refractivity contribution in [2.45, 2.75) is 56.2 Å². The van der Waals surface area contributed by atoms with Crippen LogP contribution in [0, 0.1) is 16.7 Å². The first-order chi connectivity index (χ1) is 20.3. The molecule has 2 aliphatic heterocycles. The first kappa shape index (κ1) is 33.5. The van der Waals surface area contributed by atoms with E-state index in [1.54, 1.807) is 17.0 Å². The molecule has 3 rings (SSSR count). The molecule has 17 heteroatoms. The number of hydrogen-bond acceptors (Lipinski definition) is 9. The van der Waals surface area contributed by atoms with Gasteiger partial charge in [-0.05, 0) is 49.7 Å². The predicted octanol–water partition coefficient (Wildman–Crippen LogP) is -1.83. The summed E-state index contributed by atoms with van der Waals surface area (Å²) in [5.74, 6) is -3.27. The number of carbonyl (C=O) groups is 3. The second-order valence-electron chi connectivity index (χ2n) is 10.7. The molecule has 2 heterocycles. The number of carbonyl (C=O) groups excluding carboxylic acids is 3. The molecule has 0 aromatic heterocycles. The fraction of sp³-hybridized carbons (Fsp3) is 0.577. The summed E-state index contributed by atoms with van der Waals surface area (Å²) in [5, 5.41) is 30.9. The number of piperidine rings is 2. The first-order valence-electron chi connectivity index (χ1n) is 13.9. The number of nitrogens with two attached hydrogens (primary N) is 2.